The molecule has 1 atom stereocenters. The van der Waals surface area contributed by atoms with Gasteiger partial charge in [0.25, 0.3) is 0 Å². The molecular weight excluding hydrogens is 234 g/mol. The minimum absolute atomic E-state index is 0.0411. The normalized spacial score (nSPS) is 13.9. The minimum atomic E-state index is -0.991. The van der Waals surface area contributed by atoms with E-state index < -0.39 is 11.5 Å². The lowest BCUT2D eigenvalue weighted by Crippen LogP contribution is -2.48. The lowest BCUT2D eigenvalue weighted by atomic mass is 9.99. The van der Waals surface area contributed by atoms with Crippen molar-refractivity contribution in [3.8, 4) is 5.75 Å². The number of nitrogens with one attached hydrogen (secondary N) is 1. The number of aliphatic hydroxyl groups excluding tert-OH is 1. The van der Waals surface area contributed by atoms with Crippen molar-refractivity contribution in [1.82, 2.24) is 5.32 Å². The maximum absolute atomic E-state index is 11.0. The third-order valence-corrected chi connectivity index (χ3v) is 2.98. The topological polar surface area (TPSA) is 78.8 Å². The number of likely N-dealkylation sites (N-methyl/N-ethyl adjacent to an activating group) is 1. The van der Waals surface area contributed by atoms with E-state index in [1.165, 1.54) is 0 Å². The van der Waals surface area contributed by atoms with Crippen molar-refractivity contribution in [2.75, 3.05) is 13.7 Å². The molecule has 18 heavy (non-hydrogen) atoms. The second-order valence-corrected chi connectivity index (χ2v) is 4.29. The Bertz CT molecular complexity index is 408. The van der Waals surface area contributed by atoms with E-state index in [4.69, 9.17) is 14.9 Å². The molecule has 0 amide bonds. The van der Waals surface area contributed by atoms with Gasteiger partial charge in [-0.2, -0.15) is 0 Å². The number of hydrogen-bond acceptors (Lipinski definition) is 4. The van der Waals surface area contributed by atoms with Crippen LogP contribution in [0.2, 0.25) is 0 Å². The summed E-state index contributed by atoms with van der Waals surface area (Å²) >= 11 is 0. The average Bonchev–Trinajstić information content (AvgIpc) is 2.38. The van der Waals surface area contributed by atoms with Gasteiger partial charge in [-0.15, -0.1) is 0 Å². The van der Waals surface area contributed by atoms with Crippen molar-refractivity contribution in [1.29, 1.82) is 0 Å². The highest BCUT2D eigenvalue weighted by molar-refractivity contribution is 5.78. The Labute approximate surface area is 106 Å². The van der Waals surface area contributed by atoms with Crippen LogP contribution >= 0.6 is 0 Å². The molecule has 1 aromatic carbocycles. The summed E-state index contributed by atoms with van der Waals surface area (Å²) in [5.74, 6) is -0.275. The molecule has 0 saturated carbocycles. The molecule has 1 unspecified atom stereocenters. The molecule has 0 saturated heterocycles. The Morgan fingerprint density at radius 1 is 1.50 bits per heavy atom. The number of ether oxygens (including phenoxy) is 1. The molecule has 100 valence electrons. The highest BCUT2D eigenvalue weighted by atomic mass is 16.5. The van der Waals surface area contributed by atoms with Crippen LogP contribution in [-0.2, 0) is 11.4 Å². The predicted octanol–water partition coefficient (Wildman–Crippen LogP) is 1.01. The Kier molecular flexibility index (Phi) is 5.12. The molecule has 1 rings (SSSR count). The Morgan fingerprint density at radius 3 is 2.78 bits per heavy atom. The molecular formula is C13H19NO4. The van der Waals surface area contributed by atoms with Gasteiger partial charge >= 0.3 is 5.97 Å². The summed E-state index contributed by atoms with van der Waals surface area (Å²) in [6, 6.07) is 7.09. The Balaban J connectivity index is 2.53. The number of aliphatic carboxylic acids is 1. The second kappa shape index (κ2) is 6.37. The van der Waals surface area contributed by atoms with Gasteiger partial charge in [0, 0.05) is 6.42 Å². The summed E-state index contributed by atoms with van der Waals surface area (Å²) in [7, 11) is 1.61. The van der Waals surface area contributed by atoms with Gasteiger partial charge in [0.1, 0.15) is 11.3 Å². The maximum atomic E-state index is 11.0. The average molecular weight is 253 g/mol. The fourth-order valence-corrected chi connectivity index (χ4v) is 1.45. The number of carboxylic acid groups (broad SMARTS) is 1. The molecule has 0 fully saturated rings. The van der Waals surface area contributed by atoms with Crippen molar-refractivity contribution in [2.45, 2.75) is 25.5 Å². The van der Waals surface area contributed by atoms with Gasteiger partial charge in [0.05, 0.1) is 13.2 Å². The van der Waals surface area contributed by atoms with E-state index in [1.807, 2.05) is 0 Å². The van der Waals surface area contributed by atoms with E-state index in [2.05, 4.69) is 5.32 Å². The van der Waals surface area contributed by atoms with E-state index in [1.54, 1.807) is 38.2 Å². The first kappa shape index (κ1) is 14.5. The monoisotopic (exact) mass is 253 g/mol. The second-order valence-electron chi connectivity index (χ2n) is 4.29. The first-order chi connectivity index (χ1) is 8.51. The minimum Gasteiger partial charge on any atom is -0.493 e. The van der Waals surface area contributed by atoms with Crippen LogP contribution in [-0.4, -0.2) is 35.4 Å². The van der Waals surface area contributed by atoms with E-state index in [9.17, 15) is 4.79 Å². The van der Waals surface area contributed by atoms with Crippen LogP contribution in [0.3, 0.4) is 0 Å². The first-order valence-corrected chi connectivity index (χ1v) is 5.77. The van der Waals surface area contributed by atoms with Gasteiger partial charge < -0.3 is 20.3 Å². The van der Waals surface area contributed by atoms with Crippen molar-refractivity contribution in [3.05, 3.63) is 29.8 Å². The smallest absolute Gasteiger partial charge is 0.323 e. The van der Waals surface area contributed by atoms with E-state index in [-0.39, 0.29) is 6.61 Å². The molecule has 0 aliphatic carbocycles. The molecule has 0 radical (unpaired) electrons. The van der Waals surface area contributed by atoms with Gasteiger partial charge in [-0.25, -0.2) is 0 Å². The van der Waals surface area contributed by atoms with E-state index in [0.29, 0.717) is 18.8 Å². The van der Waals surface area contributed by atoms with Crippen LogP contribution in [0.15, 0.2) is 24.3 Å². The number of carboxylic acids is 1. The summed E-state index contributed by atoms with van der Waals surface area (Å²) in [5, 5.41) is 20.8. The summed E-state index contributed by atoms with van der Waals surface area (Å²) in [6.45, 7) is 1.86. The molecule has 0 heterocycles. The number of benzene rings is 1. The van der Waals surface area contributed by atoms with Crippen molar-refractivity contribution >= 4 is 5.97 Å². The predicted molar refractivity (Wildman–Crippen MR) is 67.6 cm³/mol. The van der Waals surface area contributed by atoms with Gasteiger partial charge in [0.2, 0.25) is 0 Å². The van der Waals surface area contributed by atoms with Crippen LogP contribution in [0.4, 0.5) is 0 Å². The first-order valence-electron chi connectivity index (χ1n) is 5.77. The summed E-state index contributed by atoms with van der Waals surface area (Å²) < 4.78 is 5.48. The zero-order chi connectivity index (χ0) is 13.6. The molecule has 0 spiro atoms. The SMILES string of the molecule is CNC(C)(CCOc1cccc(CO)c1)C(=O)O. The molecule has 0 aromatic heterocycles. The van der Waals surface area contributed by atoms with Crippen LogP contribution in [0.1, 0.15) is 18.9 Å². The highest BCUT2D eigenvalue weighted by Gasteiger charge is 2.30. The zero-order valence-corrected chi connectivity index (χ0v) is 10.6. The third-order valence-electron chi connectivity index (χ3n) is 2.98. The van der Waals surface area contributed by atoms with Crippen molar-refractivity contribution in [2.24, 2.45) is 0 Å². The number of rotatable bonds is 7. The molecule has 5 heteroatoms. The maximum Gasteiger partial charge on any atom is 0.323 e. The van der Waals surface area contributed by atoms with Gasteiger partial charge in [-0.3, -0.25) is 4.79 Å². The fraction of sp³-hybridized carbons (Fsp3) is 0.462. The Hall–Kier alpha value is -1.59. The van der Waals surface area contributed by atoms with Crippen LogP contribution in [0, 0.1) is 0 Å². The van der Waals surface area contributed by atoms with Gasteiger partial charge in [-0.1, -0.05) is 12.1 Å². The Morgan fingerprint density at radius 2 is 2.22 bits per heavy atom. The molecule has 0 aliphatic rings. The molecule has 0 aliphatic heterocycles. The van der Waals surface area contributed by atoms with Crippen molar-refractivity contribution in [3.63, 3.8) is 0 Å². The zero-order valence-electron chi connectivity index (χ0n) is 10.6. The molecule has 3 N–H and O–H groups in total. The quantitative estimate of drug-likeness (QED) is 0.676. The standard InChI is InChI=1S/C13H19NO4/c1-13(14-2,12(16)17)6-7-18-11-5-3-4-10(8-11)9-15/h3-5,8,14-15H,6-7,9H2,1-2H3,(H,16,17). The van der Waals surface area contributed by atoms with E-state index >= 15 is 0 Å². The molecule has 5 nitrogen and oxygen atoms in total. The summed E-state index contributed by atoms with van der Waals surface area (Å²) in [5.41, 5.74) is -0.226. The van der Waals surface area contributed by atoms with Crippen molar-refractivity contribution < 1.29 is 19.7 Å². The lowest BCUT2D eigenvalue weighted by Gasteiger charge is -2.23. The highest BCUT2D eigenvalue weighted by Crippen LogP contribution is 2.15. The van der Waals surface area contributed by atoms with E-state index in [0.717, 1.165) is 5.56 Å². The lowest BCUT2D eigenvalue weighted by molar-refractivity contribution is -0.144. The number of aliphatic hydroxyl groups is 1. The van der Waals surface area contributed by atoms with Crippen LogP contribution in [0.25, 0.3) is 0 Å². The van der Waals surface area contributed by atoms with Crippen LogP contribution < -0.4 is 10.1 Å². The molecule has 0 bridgehead atoms. The van der Waals surface area contributed by atoms with Gasteiger partial charge in [0.15, 0.2) is 0 Å². The fourth-order valence-electron chi connectivity index (χ4n) is 1.45. The summed E-state index contributed by atoms with van der Waals surface area (Å²) in [4.78, 5) is 11.0. The number of carbonyl (C=O) groups is 1. The van der Waals surface area contributed by atoms with Crippen LogP contribution in [0.5, 0.6) is 5.75 Å². The summed E-state index contributed by atoms with van der Waals surface area (Å²) in [6.07, 6.45) is 0.349. The molecule has 1 aromatic rings. The number of hydrogen-bond donors (Lipinski definition) is 3. The largest absolute Gasteiger partial charge is 0.493 e. The van der Waals surface area contributed by atoms with Gasteiger partial charge in [-0.05, 0) is 31.7 Å². The third kappa shape index (κ3) is 3.72.